The van der Waals surface area contributed by atoms with Crippen molar-refractivity contribution in [1.82, 2.24) is 0 Å². The maximum absolute atomic E-state index is 12.9. The fraction of sp³-hybridized carbons (Fsp3) is 0.133. The van der Waals surface area contributed by atoms with Crippen LogP contribution in [0.3, 0.4) is 0 Å². The van der Waals surface area contributed by atoms with Crippen LogP contribution in [0.4, 0.5) is 17.6 Å². The van der Waals surface area contributed by atoms with E-state index in [0.29, 0.717) is 11.1 Å². The minimum Gasteiger partial charge on any atom is -0.391 e. The molecule has 2 nitrogen and oxygen atoms in total. The summed E-state index contributed by atoms with van der Waals surface area (Å²) < 4.78 is 50.5. The lowest BCUT2D eigenvalue weighted by Crippen LogP contribution is -1.92. The summed E-state index contributed by atoms with van der Waals surface area (Å²) in [5.41, 5.74) is 0.797. The maximum Gasteiger partial charge on any atom is 0.263 e. The highest BCUT2D eigenvalue weighted by Crippen LogP contribution is 2.18. The Kier molecular flexibility index (Phi) is 4.92. The van der Waals surface area contributed by atoms with Gasteiger partial charge in [0.05, 0.1) is 6.21 Å². The normalized spacial score (nSPS) is 11.3. The van der Waals surface area contributed by atoms with Gasteiger partial charge in [-0.3, -0.25) is 0 Å². The topological polar surface area (TPSA) is 21.6 Å². The van der Waals surface area contributed by atoms with E-state index in [0.717, 1.165) is 18.2 Å². The van der Waals surface area contributed by atoms with Gasteiger partial charge in [-0.25, -0.2) is 17.6 Å². The molecule has 0 bridgehead atoms. The molecule has 0 heterocycles. The number of halogens is 4. The van der Waals surface area contributed by atoms with E-state index in [1.165, 1.54) is 30.5 Å². The third-order valence-electron chi connectivity index (χ3n) is 2.62. The molecule has 0 atom stereocenters. The molecule has 2 aromatic rings. The molecule has 0 aromatic heterocycles. The Balaban J connectivity index is 1.90. The lowest BCUT2D eigenvalue weighted by atomic mass is 10.1. The number of alkyl halides is 2. The molecule has 6 heteroatoms. The third-order valence-corrected chi connectivity index (χ3v) is 2.62. The van der Waals surface area contributed by atoms with E-state index < -0.39 is 18.1 Å². The van der Waals surface area contributed by atoms with Crippen LogP contribution in [0.5, 0.6) is 0 Å². The van der Waals surface area contributed by atoms with Crippen molar-refractivity contribution in [3.8, 4) is 0 Å². The number of rotatable bonds is 5. The molecule has 0 N–H and O–H groups in total. The Labute approximate surface area is 118 Å². The van der Waals surface area contributed by atoms with Gasteiger partial charge in [0.2, 0.25) is 0 Å². The first-order valence-electron chi connectivity index (χ1n) is 6.03. The largest absolute Gasteiger partial charge is 0.391 e. The molecule has 2 aromatic carbocycles. The highest BCUT2D eigenvalue weighted by atomic mass is 19.3. The fourth-order valence-electron chi connectivity index (χ4n) is 1.63. The van der Waals surface area contributed by atoms with Crippen molar-refractivity contribution in [1.29, 1.82) is 0 Å². The van der Waals surface area contributed by atoms with E-state index in [1.54, 1.807) is 0 Å². The van der Waals surface area contributed by atoms with Crippen LogP contribution in [0.1, 0.15) is 23.1 Å². The number of benzene rings is 2. The molecular formula is C15H11F4NO. The average Bonchev–Trinajstić information content (AvgIpc) is 2.43. The highest BCUT2D eigenvalue weighted by molar-refractivity contribution is 5.79. The van der Waals surface area contributed by atoms with Crippen LogP contribution < -0.4 is 0 Å². The fourth-order valence-corrected chi connectivity index (χ4v) is 1.63. The zero-order valence-corrected chi connectivity index (χ0v) is 10.8. The van der Waals surface area contributed by atoms with E-state index in [2.05, 4.69) is 5.16 Å². The van der Waals surface area contributed by atoms with E-state index in [1.807, 2.05) is 0 Å². The van der Waals surface area contributed by atoms with Crippen LogP contribution in [0.25, 0.3) is 0 Å². The van der Waals surface area contributed by atoms with Crippen molar-refractivity contribution in [2.75, 3.05) is 0 Å². The van der Waals surface area contributed by atoms with Crippen LogP contribution in [0.15, 0.2) is 47.6 Å². The lowest BCUT2D eigenvalue weighted by Gasteiger charge is -2.01. The SMILES string of the molecule is Fc1cc(F)cc(CON=Cc2ccc(C(F)F)cc2)c1. The Hall–Kier alpha value is -2.37. The molecule has 0 saturated carbocycles. The highest BCUT2D eigenvalue weighted by Gasteiger charge is 2.05. The van der Waals surface area contributed by atoms with Gasteiger partial charge in [-0.1, -0.05) is 29.4 Å². The molecule has 0 fully saturated rings. The molecular weight excluding hydrogens is 286 g/mol. The first-order chi connectivity index (χ1) is 10.0. The number of hydrogen-bond acceptors (Lipinski definition) is 2. The first-order valence-corrected chi connectivity index (χ1v) is 6.03. The molecule has 0 aliphatic rings. The van der Waals surface area contributed by atoms with Crippen molar-refractivity contribution in [3.05, 3.63) is 70.8 Å². The predicted molar refractivity (Wildman–Crippen MR) is 70.1 cm³/mol. The van der Waals surface area contributed by atoms with Crippen LogP contribution in [0, 0.1) is 11.6 Å². The van der Waals surface area contributed by atoms with E-state index in [-0.39, 0.29) is 12.2 Å². The van der Waals surface area contributed by atoms with Crippen molar-refractivity contribution in [3.63, 3.8) is 0 Å². The summed E-state index contributed by atoms with van der Waals surface area (Å²) in [6.45, 7) is -0.0969. The van der Waals surface area contributed by atoms with Crippen LogP contribution in [-0.2, 0) is 11.4 Å². The van der Waals surface area contributed by atoms with Crippen LogP contribution in [-0.4, -0.2) is 6.21 Å². The molecule has 0 saturated heterocycles. The molecule has 110 valence electrons. The zero-order chi connectivity index (χ0) is 15.2. The van der Waals surface area contributed by atoms with Crippen LogP contribution in [0.2, 0.25) is 0 Å². The second-order valence-corrected chi connectivity index (χ2v) is 4.25. The van der Waals surface area contributed by atoms with Gasteiger partial charge < -0.3 is 4.84 Å². The van der Waals surface area contributed by atoms with Gasteiger partial charge in [0.1, 0.15) is 18.2 Å². The molecule has 0 aliphatic carbocycles. The minimum atomic E-state index is -2.52. The van der Waals surface area contributed by atoms with Gasteiger partial charge >= 0.3 is 0 Å². The second kappa shape index (κ2) is 6.88. The van der Waals surface area contributed by atoms with E-state index in [4.69, 9.17) is 4.84 Å². The Morgan fingerprint density at radius 2 is 1.62 bits per heavy atom. The van der Waals surface area contributed by atoms with Crippen molar-refractivity contribution >= 4 is 6.21 Å². The van der Waals surface area contributed by atoms with Gasteiger partial charge in [0, 0.05) is 11.6 Å². The van der Waals surface area contributed by atoms with Crippen molar-refractivity contribution in [2.45, 2.75) is 13.0 Å². The lowest BCUT2D eigenvalue weighted by molar-refractivity contribution is 0.131. The smallest absolute Gasteiger partial charge is 0.263 e. The Morgan fingerprint density at radius 1 is 1.00 bits per heavy atom. The second-order valence-electron chi connectivity index (χ2n) is 4.25. The Bertz CT molecular complexity index is 606. The first kappa shape index (κ1) is 15.0. The summed E-state index contributed by atoms with van der Waals surface area (Å²) in [4.78, 5) is 4.90. The van der Waals surface area contributed by atoms with Crippen molar-refractivity contribution in [2.24, 2.45) is 5.16 Å². The number of oxime groups is 1. The standard InChI is InChI=1S/C15H11F4NO/c16-13-5-11(6-14(17)7-13)9-21-20-8-10-1-3-12(4-2-10)15(18)19/h1-8,15H,9H2. The summed E-state index contributed by atoms with van der Waals surface area (Å²) in [5, 5.41) is 3.61. The number of nitrogens with zero attached hydrogens (tertiary/aromatic N) is 1. The summed E-state index contributed by atoms with van der Waals surface area (Å²) >= 11 is 0. The van der Waals surface area contributed by atoms with E-state index in [9.17, 15) is 17.6 Å². The summed E-state index contributed by atoms with van der Waals surface area (Å²) in [5.74, 6) is -1.39. The average molecular weight is 297 g/mol. The van der Waals surface area contributed by atoms with Gasteiger partial charge in [0.25, 0.3) is 6.43 Å². The third kappa shape index (κ3) is 4.59. The van der Waals surface area contributed by atoms with E-state index >= 15 is 0 Å². The molecule has 0 spiro atoms. The summed E-state index contributed by atoms with van der Waals surface area (Å²) in [6, 6.07) is 8.54. The molecule has 2 rings (SSSR count). The molecule has 0 aliphatic heterocycles. The summed E-state index contributed by atoms with van der Waals surface area (Å²) in [6.07, 6.45) is -1.19. The quantitative estimate of drug-likeness (QED) is 0.454. The maximum atomic E-state index is 12.9. The minimum absolute atomic E-state index is 0.0803. The molecule has 21 heavy (non-hydrogen) atoms. The number of hydrogen-bond donors (Lipinski definition) is 0. The summed E-state index contributed by atoms with van der Waals surface area (Å²) in [7, 11) is 0. The monoisotopic (exact) mass is 297 g/mol. The van der Waals surface area contributed by atoms with Crippen molar-refractivity contribution < 1.29 is 22.4 Å². The molecule has 0 radical (unpaired) electrons. The van der Waals surface area contributed by atoms with Gasteiger partial charge in [-0.2, -0.15) is 0 Å². The molecule has 0 amide bonds. The predicted octanol–water partition coefficient (Wildman–Crippen LogP) is 4.45. The Morgan fingerprint density at radius 3 is 2.19 bits per heavy atom. The van der Waals surface area contributed by atoms with Crippen LogP contribution >= 0.6 is 0 Å². The van der Waals surface area contributed by atoms with Gasteiger partial charge in [-0.05, 0) is 23.3 Å². The van der Waals surface area contributed by atoms with Gasteiger partial charge in [0.15, 0.2) is 0 Å². The van der Waals surface area contributed by atoms with Gasteiger partial charge in [-0.15, -0.1) is 0 Å². The zero-order valence-electron chi connectivity index (χ0n) is 10.8. The molecule has 0 unspecified atom stereocenters.